The number of carbonyl (C=O) groups excluding carboxylic acids is 3. The lowest BCUT2D eigenvalue weighted by Gasteiger charge is -2.40. The predicted molar refractivity (Wildman–Crippen MR) is 135 cm³/mol. The summed E-state index contributed by atoms with van der Waals surface area (Å²) in [7, 11) is 0. The lowest BCUT2D eigenvalue weighted by Crippen LogP contribution is -2.56. The third kappa shape index (κ3) is 6.33. The topological polar surface area (TPSA) is 88.1 Å². The molecule has 0 radical (unpaired) electrons. The molecular weight excluding hydrogens is 480 g/mol. The summed E-state index contributed by atoms with van der Waals surface area (Å²) in [6.07, 6.45) is -3.10. The molecule has 1 aliphatic heterocycles. The van der Waals surface area contributed by atoms with E-state index in [1.807, 2.05) is 6.92 Å². The van der Waals surface area contributed by atoms with Crippen LogP contribution < -0.4 is 0 Å². The number of hydrogen-bond donors (Lipinski definition) is 0. The number of benzene rings is 3. The van der Waals surface area contributed by atoms with E-state index in [4.69, 9.17) is 18.9 Å². The maximum absolute atomic E-state index is 13.0. The fourth-order valence-corrected chi connectivity index (χ4v) is 4.63. The minimum Gasteiger partial charge on any atom is -0.452 e. The van der Waals surface area contributed by atoms with Gasteiger partial charge >= 0.3 is 17.9 Å². The van der Waals surface area contributed by atoms with Crippen molar-refractivity contribution >= 4 is 29.7 Å². The van der Waals surface area contributed by atoms with Crippen molar-refractivity contribution < 1.29 is 33.3 Å². The van der Waals surface area contributed by atoms with Crippen LogP contribution >= 0.6 is 11.8 Å². The monoisotopic (exact) mass is 506 g/mol. The van der Waals surface area contributed by atoms with Crippen molar-refractivity contribution in [3.8, 4) is 0 Å². The van der Waals surface area contributed by atoms with Crippen LogP contribution in [0.4, 0.5) is 0 Å². The normalized spacial score (nSPS) is 21.2. The molecule has 0 N–H and O–H groups in total. The van der Waals surface area contributed by atoms with E-state index in [2.05, 4.69) is 0 Å². The highest BCUT2D eigenvalue weighted by Gasteiger charge is 2.48. The van der Waals surface area contributed by atoms with Crippen LogP contribution in [-0.2, 0) is 18.9 Å². The number of hydrogen-bond acceptors (Lipinski definition) is 8. The molecule has 8 heteroatoms. The molecular formula is C28H26O7S. The van der Waals surface area contributed by atoms with E-state index in [0.29, 0.717) is 22.4 Å². The molecule has 0 saturated carbocycles. The Balaban J connectivity index is 1.63. The molecule has 7 nitrogen and oxygen atoms in total. The van der Waals surface area contributed by atoms with Crippen molar-refractivity contribution in [3.63, 3.8) is 0 Å². The first kappa shape index (κ1) is 25.5. The molecule has 1 fully saturated rings. The highest BCUT2D eigenvalue weighted by molar-refractivity contribution is 7.99. The Hall–Kier alpha value is -3.62. The Morgan fingerprint density at radius 3 is 1.56 bits per heavy atom. The van der Waals surface area contributed by atoms with Crippen LogP contribution in [0, 0.1) is 0 Å². The smallest absolute Gasteiger partial charge is 0.338 e. The number of ether oxygens (including phenoxy) is 4. The van der Waals surface area contributed by atoms with Crippen LogP contribution in [-0.4, -0.2) is 54.0 Å². The Morgan fingerprint density at radius 2 is 1.11 bits per heavy atom. The molecule has 0 bridgehead atoms. The van der Waals surface area contributed by atoms with Gasteiger partial charge in [0.25, 0.3) is 0 Å². The standard InChI is InChI=1S/C28H26O7S/c1-2-36-28-24(35-27(31)21-16-10-5-11-17-21)23(34-26(30)20-14-8-4-9-15-20)22(18-32-28)33-25(29)19-12-6-3-7-13-19/h3-17,22-24,28H,2,18H2,1H3/t22-,23-,24+,28?/m0/s1. The van der Waals surface area contributed by atoms with Crippen LogP contribution in [0.15, 0.2) is 91.0 Å². The molecule has 0 amide bonds. The lowest BCUT2D eigenvalue weighted by molar-refractivity contribution is -0.167. The van der Waals surface area contributed by atoms with Crippen LogP contribution in [0.5, 0.6) is 0 Å². The summed E-state index contributed by atoms with van der Waals surface area (Å²) < 4.78 is 23.4. The third-order valence-electron chi connectivity index (χ3n) is 5.49. The Kier molecular flexibility index (Phi) is 8.76. The first-order valence-corrected chi connectivity index (χ1v) is 12.6. The van der Waals surface area contributed by atoms with Crippen molar-refractivity contribution in [1.82, 2.24) is 0 Å². The Bertz CT molecular complexity index is 1150. The first-order chi connectivity index (χ1) is 17.6. The summed E-state index contributed by atoms with van der Waals surface area (Å²) in [5.41, 5.74) is 0.385. The van der Waals surface area contributed by atoms with E-state index in [1.54, 1.807) is 91.0 Å². The average molecular weight is 507 g/mol. The number of thioether (sulfide) groups is 1. The van der Waals surface area contributed by atoms with E-state index < -0.39 is 41.7 Å². The minimum absolute atomic E-state index is 0.0254. The fourth-order valence-electron chi connectivity index (χ4n) is 3.73. The van der Waals surface area contributed by atoms with Crippen LogP contribution in [0.3, 0.4) is 0 Å². The molecule has 1 aliphatic rings. The van der Waals surface area contributed by atoms with Gasteiger partial charge in [0.2, 0.25) is 0 Å². The van der Waals surface area contributed by atoms with E-state index >= 15 is 0 Å². The molecule has 186 valence electrons. The molecule has 4 atom stereocenters. The van der Waals surface area contributed by atoms with Crippen molar-refractivity contribution in [3.05, 3.63) is 108 Å². The van der Waals surface area contributed by atoms with Crippen molar-refractivity contribution in [2.75, 3.05) is 12.4 Å². The number of rotatable bonds is 8. The zero-order chi connectivity index (χ0) is 25.3. The van der Waals surface area contributed by atoms with E-state index in [9.17, 15) is 14.4 Å². The van der Waals surface area contributed by atoms with Gasteiger partial charge in [-0.15, -0.1) is 11.8 Å². The van der Waals surface area contributed by atoms with E-state index in [0.717, 1.165) is 0 Å². The van der Waals surface area contributed by atoms with Gasteiger partial charge in [-0.05, 0) is 42.2 Å². The second kappa shape index (κ2) is 12.4. The maximum Gasteiger partial charge on any atom is 0.338 e. The molecule has 0 spiro atoms. The van der Waals surface area contributed by atoms with Crippen molar-refractivity contribution in [1.29, 1.82) is 0 Å². The summed E-state index contributed by atoms with van der Waals surface area (Å²) in [5, 5.41) is 0. The Morgan fingerprint density at radius 1 is 0.694 bits per heavy atom. The lowest BCUT2D eigenvalue weighted by atomic mass is 10.0. The predicted octanol–water partition coefficient (Wildman–Crippen LogP) is 4.77. The van der Waals surface area contributed by atoms with Gasteiger partial charge in [-0.3, -0.25) is 0 Å². The van der Waals surface area contributed by atoms with Gasteiger partial charge in [-0.25, -0.2) is 14.4 Å². The summed E-state index contributed by atoms with van der Waals surface area (Å²) >= 11 is 1.41. The molecule has 0 aromatic heterocycles. The van der Waals surface area contributed by atoms with Crippen LogP contribution in [0.25, 0.3) is 0 Å². The fraction of sp³-hybridized carbons (Fsp3) is 0.250. The first-order valence-electron chi connectivity index (χ1n) is 11.6. The highest BCUT2D eigenvalue weighted by atomic mass is 32.2. The second-order valence-corrected chi connectivity index (χ2v) is 9.31. The van der Waals surface area contributed by atoms with E-state index in [-0.39, 0.29) is 6.61 Å². The quantitative estimate of drug-likeness (QED) is 0.319. The summed E-state index contributed by atoms with van der Waals surface area (Å²) in [6, 6.07) is 25.4. The average Bonchev–Trinajstić information content (AvgIpc) is 2.93. The van der Waals surface area contributed by atoms with Gasteiger partial charge in [0.1, 0.15) is 5.44 Å². The van der Waals surface area contributed by atoms with E-state index in [1.165, 1.54) is 11.8 Å². The number of carbonyl (C=O) groups is 3. The largest absolute Gasteiger partial charge is 0.452 e. The molecule has 4 rings (SSSR count). The van der Waals surface area contributed by atoms with Gasteiger partial charge in [-0.1, -0.05) is 61.5 Å². The van der Waals surface area contributed by atoms with Crippen molar-refractivity contribution in [2.45, 2.75) is 30.7 Å². The van der Waals surface area contributed by atoms with Gasteiger partial charge in [0.15, 0.2) is 18.3 Å². The minimum atomic E-state index is -1.09. The molecule has 3 aromatic carbocycles. The molecule has 3 aromatic rings. The molecule has 1 saturated heterocycles. The third-order valence-corrected chi connectivity index (χ3v) is 6.55. The molecule has 1 heterocycles. The summed E-state index contributed by atoms with van der Waals surface area (Å²) in [4.78, 5) is 38.8. The van der Waals surface area contributed by atoms with Crippen LogP contribution in [0.1, 0.15) is 38.0 Å². The SMILES string of the molecule is CCSC1OC[C@H](OC(=O)c2ccccc2)[C@H](OC(=O)c2ccccc2)[C@H]1OC(=O)c1ccccc1. The summed E-state index contributed by atoms with van der Waals surface area (Å²) in [6.45, 7) is 1.92. The second-order valence-electron chi connectivity index (χ2n) is 7.94. The van der Waals surface area contributed by atoms with Gasteiger partial charge in [0, 0.05) is 0 Å². The van der Waals surface area contributed by atoms with Gasteiger partial charge < -0.3 is 18.9 Å². The number of esters is 3. The zero-order valence-corrected chi connectivity index (χ0v) is 20.5. The zero-order valence-electron chi connectivity index (χ0n) is 19.6. The Labute approximate surface area is 213 Å². The summed E-state index contributed by atoms with van der Waals surface area (Å²) in [5.74, 6) is -1.15. The van der Waals surface area contributed by atoms with Crippen molar-refractivity contribution in [2.24, 2.45) is 0 Å². The maximum atomic E-state index is 13.0. The van der Waals surface area contributed by atoms with Gasteiger partial charge in [-0.2, -0.15) is 0 Å². The molecule has 0 aliphatic carbocycles. The van der Waals surface area contributed by atoms with Gasteiger partial charge in [0.05, 0.1) is 23.3 Å². The van der Waals surface area contributed by atoms with Crippen LogP contribution in [0.2, 0.25) is 0 Å². The highest BCUT2D eigenvalue weighted by Crippen LogP contribution is 2.32. The molecule has 36 heavy (non-hydrogen) atoms. The molecule has 1 unspecified atom stereocenters.